The van der Waals surface area contributed by atoms with E-state index in [0.717, 1.165) is 11.1 Å². The molecule has 1 atom stereocenters. The van der Waals surface area contributed by atoms with Gasteiger partial charge >= 0.3 is 0 Å². The van der Waals surface area contributed by atoms with Gasteiger partial charge in [0.2, 0.25) is 5.91 Å². The van der Waals surface area contributed by atoms with Gasteiger partial charge in [0.15, 0.2) is 0 Å². The van der Waals surface area contributed by atoms with E-state index < -0.39 is 0 Å². The van der Waals surface area contributed by atoms with Crippen LogP contribution in [-0.4, -0.2) is 26.2 Å². The summed E-state index contributed by atoms with van der Waals surface area (Å²) in [5, 5.41) is 2.86. The highest BCUT2D eigenvalue weighted by Gasteiger charge is 2.20. The minimum Gasteiger partial charge on any atom is -0.383 e. The predicted octanol–water partition coefficient (Wildman–Crippen LogP) is 2.91. The van der Waals surface area contributed by atoms with Crippen molar-refractivity contribution in [1.29, 1.82) is 0 Å². The summed E-state index contributed by atoms with van der Waals surface area (Å²) >= 11 is 0. The Labute approximate surface area is 130 Å². The van der Waals surface area contributed by atoms with Crippen molar-refractivity contribution < 1.29 is 13.9 Å². The molecule has 2 aromatic rings. The lowest BCUT2D eigenvalue weighted by Gasteiger charge is -2.17. The van der Waals surface area contributed by atoms with E-state index in [1.54, 1.807) is 19.2 Å². The predicted molar refractivity (Wildman–Crippen MR) is 84.2 cm³/mol. The van der Waals surface area contributed by atoms with Crippen molar-refractivity contribution in [2.45, 2.75) is 12.3 Å². The molecule has 0 heterocycles. The minimum absolute atomic E-state index is 0.0764. The van der Waals surface area contributed by atoms with Gasteiger partial charge in [-0.25, -0.2) is 4.39 Å². The van der Waals surface area contributed by atoms with Gasteiger partial charge in [0, 0.05) is 13.7 Å². The van der Waals surface area contributed by atoms with Crippen LogP contribution in [0.1, 0.15) is 17.0 Å². The Morgan fingerprint density at radius 2 is 1.82 bits per heavy atom. The third-order valence-corrected chi connectivity index (χ3v) is 3.48. The van der Waals surface area contributed by atoms with Crippen LogP contribution in [-0.2, 0) is 16.0 Å². The van der Waals surface area contributed by atoms with Crippen molar-refractivity contribution in [2.75, 3.05) is 20.3 Å². The van der Waals surface area contributed by atoms with Crippen LogP contribution in [0.4, 0.5) is 4.39 Å². The maximum absolute atomic E-state index is 13.1. The second kappa shape index (κ2) is 8.29. The quantitative estimate of drug-likeness (QED) is 0.799. The first-order valence-corrected chi connectivity index (χ1v) is 7.26. The summed E-state index contributed by atoms with van der Waals surface area (Å²) in [5.41, 5.74) is 1.87. The third kappa shape index (κ3) is 4.67. The number of hydrogen-bond donors (Lipinski definition) is 1. The highest BCUT2D eigenvalue weighted by Crippen LogP contribution is 2.21. The first-order valence-electron chi connectivity index (χ1n) is 7.26. The van der Waals surface area contributed by atoms with Gasteiger partial charge in [-0.05, 0) is 29.7 Å². The molecule has 0 aliphatic heterocycles. The molecule has 0 saturated carbocycles. The third-order valence-electron chi connectivity index (χ3n) is 3.48. The molecule has 3 nitrogen and oxygen atoms in total. The summed E-state index contributed by atoms with van der Waals surface area (Å²) in [6.45, 7) is 0.926. The fraction of sp³-hybridized carbons (Fsp3) is 0.278. The molecule has 22 heavy (non-hydrogen) atoms. The highest BCUT2D eigenvalue weighted by molar-refractivity contribution is 5.84. The first kappa shape index (κ1) is 16.2. The smallest absolute Gasteiger partial charge is 0.227 e. The van der Waals surface area contributed by atoms with E-state index in [-0.39, 0.29) is 17.6 Å². The topological polar surface area (TPSA) is 38.3 Å². The van der Waals surface area contributed by atoms with Gasteiger partial charge in [-0.2, -0.15) is 0 Å². The van der Waals surface area contributed by atoms with Gasteiger partial charge < -0.3 is 10.1 Å². The van der Waals surface area contributed by atoms with Crippen molar-refractivity contribution in [3.63, 3.8) is 0 Å². The van der Waals surface area contributed by atoms with Crippen LogP contribution in [0.15, 0.2) is 54.6 Å². The molecule has 0 aliphatic carbocycles. The lowest BCUT2D eigenvalue weighted by Crippen LogP contribution is -2.33. The van der Waals surface area contributed by atoms with Crippen molar-refractivity contribution >= 4 is 5.91 Å². The average molecular weight is 301 g/mol. The zero-order valence-electron chi connectivity index (χ0n) is 12.6. The number of methoxy groups -OCH3 is 1. The Kier molecular flexibility index (Phi) is 6.10. The fourth-order valence-electron chi connectivity index (χ4n) is 2.31. The van der Waals surface area contributed by atoms with E-state index in [9.17, 15) is 9.18 Å². The number of carbonyl (C=O) groups is 1. The molecule has 0 fully saturated rings. The van der Waals surface area contributed by atoms with Crippen molar-refractivity contribution in [3.8, 4) is 0 Å². The Morgan fingerprint density at radius 3 is 2.45 bits per heavy atom. The Morgan fingerprint density at radius 1 is 1.14 bits per heavy atom. The van der Waals surface area contributed by atoms with Crippen LogP contribution in [0.25, 0.3) is 0 Å². The molecule has 1 unspecified atom stereocenters. The number of amides is 1. The van der Waals surface area contributed by atoms with Crippen LogP contribution >= 0.6 is 0 Å². The van der Waals surface area contributed by atoms with Gasteiger partial charge in [0.05, 0.1) is 12.5 Å². The number of rotatable bonds is 7. The van der Waals surface area contributed by atoms with Crippen molar-refractivity contribution in [2.24, 2.45) is 0 Å². The van der Waals surface area contributed by atoms with E-state index in [2.05, 4.69) is 5.32 Å². The van der Waals surface area contributed by atoms with Crippen LogP contribution in [0.2, 0.25) is 0 Å². The zero-order chi connectivity index (χ0) is 15.8. The molecule has 0 spiro atoms. The summed E-state index contributed by atoms with van der Waals surface area (Å²) in [7, 11) is 1.59. The van der Waals surface area contributed by atoms with Crippen LogP contribution < -0.4 is 5.32 Å². The Balaban J connectivity index is 2.16. The highest BCUT2D eigenvalue weighted by atomic mass is 19.1. The number of hydrogen-bond acceptors (Lipinski definition) is 2. The molecule has 1 N–H and O–H groups in total. The molecular formula is C18H20FNO2. The normalized spacial score (nSPS) is 11.9. The lowest BCUT2D eigenvalue weighted by molar-refractivity contribution is -0.122. The van der Waals surface area contributed by atoms with E-state index in [4.69, 9.17) is 4.74 Å². The van der Waals surface area contributed by atoms with Crippen molar-refractivity contribution in [3.05, 3.63) is 71.5 Å². The van der Waals surface area contributed by atoms with Gasteiger partial charge in [0.1, 0.15) is 5.82 Å². The molecular weight excluding hydrogens is 281 g/mol. The molecule has 0 aliphatic rings. The van der Waals surface area contributed by atoms with E-state index >= 15 is 0 Å². The molecule has 0 bridgehead atoms. The SMILES string of the molecule is COCCNC(=O)C(Cc1ccccc1)c1ccc(F)cc1. The number of carbonyl (C=O) groups excluding carboxylic acids is 1. The summed E-state index contributed by atoms with van der Waals surface area (Å²) in [4.78, 5) is 12.4. The molecule has 0 saturated heterocycles. The van der Waals surface area contributed by atoms with Crippen molar-refractivity contribution in [1.82, 2.24) is 5.32 Å². The Hall–Kier alpha value is -2.20. The average Bonchev–Trinajstić information content (AvgIpc) is 2.55. The fourth-order valence-corrected chi connectivity index (χ4v) is 2.31. The zero-order valence-corrected chi connectivity index (χ0v) is 12.6. The standard InChI is InChI=1S/C18H20FNO2/c1-22-12-11-20-18(21)17(13-14-5-3-2-4-6-14)15-7-9-16(19)10-8-15/h2-10,17H,11-13H2,1H3,(H,20,21). The minimum atomic E-state index is -0.347. The molecule has 0 aromatic heterocycles. The lowest BCUT2D eigenvalue weighted by atomic mass is 9.91. The number of ether oxygens (including phenoxy) is 1. The Bertz CT molecular complexity index is 584. The van der Waals surface area contributed by atoms with Gasteiger partial charge in [-0.3, -0.25) is 4.79 Å². The molecule has 2 aromatic carbocycles. The van der Waals surface area contributed by atoms with Crippen LogP contribution in [0, 0.1) is 5.82 Å². The summed E-state index contributed by atoms with van der Waals surface area (Å²) in [5.74, 6) is -0.727. The van der Waals surface area contributed by atoms with Gasteiger partial charge in [-0.1, -0.05) is 42.5 Å². The summed E-state index contributed by atoms with van der Waals surface area (Å²) in [6.07, 6.45) is 0.575. The maximum atomic E-state index is 13.1. The number of nitrogens with one attached hydrogen (secondary N) is 1. The van der Waals surface area contributed by atoms with E-state index in [1.165, 1.54) is 12.1 Å². The van der Waals surface area contributed by atoms with E-state index in [0.29, 0.717) is 19.6 Å². The van der Waals surface area contributed by atoms with Gasteiger partial charge in [-0.15, -0.1) is 0 Å². The molecule has 4 heteroatoms. The molecule has 1 amide bonds. The first-order chi connectivity index (χ1) is 10.7. The largest absolute Gasteiger partial charge is 0.383 e. The second-order valence-electron chi connectivity index (χ2n) is 5.08. The molecule has 2 rings (SSSR count). The maximum Gasteiger partial charge on any atom is 0.227 e. The summed E-state index contributed by atoms with van der Waals surface area (Å²) < 4.78 is 18.1. The number of halogens is 1. The van der Waals surface area contributed by atoms with E-state index in [1.807, 2.05) is 30.3 Å². The molecule has 116 valence electrons. The molecule has 0 radical (unpaired) electrons. The van der Waals surface area contributed by atoms with Crippen LogP contribution in [0.5, 0.6) is 0 Å². The van der Waals surface area contributed by atoms with Crippen LogP contribution in [0.3, 0.4) is 0 Å². The second-order valence-corrected chi connectivity index (χ2v) is 5.08. The monoisotopic (exact) mass is 301 g/mol. The van der Waals surface area contributed by atoms with Gasteiger partial charge in [0.25, 0.3) is 0 Å². The number of benzene rings is 2. The summed E-state index contributed by atoms with van der Waals surface area (Å²) in [6, 6.07) is 15.9.